The number of nitriles is 1. The van der Waals surface area contributed by atoms with Gasteiger partial charge in [0.25, 0.3) is 5.89 Å². The summed E-state index contributed by atoms with van der Waals surface area (Å²) in [6, 6.07) is 7.20. The van der Waals surface area contributed by atoms with Gasteiger partial charge in [-0.1, -0.05) is 5.16 Å². The van der Waals surface area contributed by atoms with Crippen LogP contribution in [0.25, 0.3) is 23.1 Å². The minimum absolute atomic E-state index is 0.304. The Bertz CT molecular complexity index is 817. The van der Waals surface area contributed by atoms with Crippen LogP contribution in [0.4, 0.5) is 0 Å². The maximum atomic E-state index is 8.77. The zero-order valence-electron chi connectivity index (χ0n) is 9.76. The molecular weight excluding hydrogens is 390 g/mol. The second kappa shape index (κ2) is 5.19. The molecule has 0 bridgehead atoms. The van der Waals surface area contributed by atoms with E-state index in [1.165, 1.54) is 0 Å². The van der Waals surface area contributed by atoms with Crippen LogP contribution < -0.4 is 0 Å². The molecule has 0 spiro atoms. The summed E-state index contributed by atoms with van der Waals surface area (Å²) in [5, 5.41) is 12.7. The van der Waals surface area contributed by atoms with Gasteiger partial charge in [0.15, 0.2) is 0 Å². The van der Waals surface area contributed by atoms with Crippen LogP contribution in [-0.4, -0.2) is 20.1 Å². The maximum absolute atomic E-state index is 8.77. The van der Waals surface area contributed by atoms with Crippen molar-refractivity contribution in [2.45, 2.75) is 0 Å². The number of aromatic amines is 1. The van der Waals surface area contributed by atoms with Gasteiger partial charge in [-0.2, -0.15) is 10.2 Å². The molecule has 98 valence electrons. The number of nitrogens with zero attached hydrogens (tertiary/aromatic N) is 4. The minimum atomic E-state index is 0.304. The fourth-order valence-corrected chi connectivity index (χ4v) is 2.76. The van der Waals surface area contributed by atoms with Crippen LogP contribution in [0.15, 0.2) is 37.9 Å². The Morgan fingerprint density at radius 3 is 2.85 bits per heavy atom. The van der Waals surface area contributed by atoms with Gasteiger partial charge in [0.2, 0.25) is 5.82 Å². The van der Waals surface area contributed by atoms with Crippen LogP contribution in [0.1, 0.15) is 5.69 Å². The average Bonchev–Trinajstić information content (AvgIpc) is 3.07. The van der Waals surface area contributed by atoms with E-state index < -0.39 is 0 Å². The largest absolute Gasteiger partial charge is 0.342 e. The van der Waals surface area contributed by atoms with Crippen molar-refractivity contribution in [2.24, 2.45) is 0 Å². The van der Waals surface area contributed by atoms with E-state index in [9.17, 15) is 0 Å². The minimum Gasteiger partial charge on any atom is -0.342 e. The highest BCUT2D eigenvalue weighted by Crippen LogP contribution is 2.28. The molecule has 3 aromatic heterocycles. The molecule has 0 aliphatic rings. The highest BCUT2D eigenvalue weighted by Gasteiger charge is 2.15. The Morgan fingerprint density at radius 1 is 1.30 bits per heavy atom. The topological polar surface area (TPSA) is 91.4 Å². The average molecular weight is 395 g/mol. The van der Waals surface area contributed by atoms with Gasteiger partial charge < -0.3 is 9.51 Å². The second-order valence-corrected chi connectivity index (χ2v) is 5.57. The Kier molecular flexibility index (Phi) is 3.38. The fraction of sp³-hybridized carbons (Fsp3) is 0. The van der Waals surface area contributed by atoms with Gasteiger partial charge in [0, 0.05) is 15.1 Å². The summed E-state index contributed by atoms with van der Waals surface area (Å²) in [6.07, 6.45) is 1.65. The van der Waals surface area contributed by atoms with Gasteiger partial charge in [-0.3, -0.25) is 4.98 Å². The zero-order valence-corrected chi connectivity index (χ0v) is 12.9. The van der Waals surface area contributed by atoms with Crippen molar-refractivity contribution in [2.75, 3.05) is 0 Å². The van der Waals surface area contributed by atoms with Gasteiger partial charge in [-0.05, 0) is 50.1 Å². The predicted octanol–water partition coefficient (Wildman–Crippen LogP) is 3.52. The van der Waals surface area contributed by atoms with Crippen LogP contribution >= 0.6 is 31.9 Å². The molecule has 0 aromatic carbocycles. The van der Waals surface area contributed by atoms with E-state index in [1.807, 2.05) is 12.1 Å². The number of rotatable bonds is 2. The highest BCUT2D eigenvalue weighted by molar-refractivity contribution is 9.11. The molecule has 3 aromatic rings. The molecule has 0 fully saturated rings. The summed E-state index contributed by atoms with van der Waals surface area (Å²) in [7, 11) is 0. The number of H-pyrrole nitrogens is 1. The molecule has 3 rings (SSSR count). The molecule has 0 aliphatic carbocycles. The lowest BCUT2D eigenvalue weighted by molar-refractivity contribution is 0.431. The quantitative estimate of drug-likeness (QED) is 0.717. The molecule has 1 N–H and O–H groups in total. The van der Waals surface area contributed by atoms with Gasteiger partial charge >= 0.3 is 0 Å². The summed E-state index contributed by atoms with van der Waals surface area (Å²) >= 11 is 6.73. The Morgan fingerprint density at radius 2 is 2.15 bits per heavy atom. The van der Waals surface area contributed by atoms with E-state index in [0.29, 0.717) is 28.8 Å². The van der Waals surface area contributed by atoms with Gasteiger partial charge in [0.1, 0.15) is 23.2 Å². The lowest BCUT2D eigenvalue weighted by Gasteiger charge is -1.97. The van der Waals surface area contributed by atoms with E-state index in [4.69, 9.17) is 9.78 Å². The number of hydrogen-bond donors (Lipinski definition) is 1. The number of halogens is 2. The van der Waals surface area contributed by atoms with E-state index in [1.54, 1.807) is 18.3 Å². The summed E-state index contributed by atoms with van der Waals surface area (Å²) in [5.74, 6) is 0.672. The van der Waals surface area contributed by atoms with Crippen LogP contribution in [-0.2, 0) is 0 Å². The number of nitrogens with one attached hydrogen (secondary N) is 1. The SMILES string of the molecule is N#Cc1ccc(-c2nc(-c3ncc(Br)cc3Br)no2)[nH]1. The summed E-state index contributed by atoms with van der Waals surface area (Å²) < 4.78 is 6.77. The third-order valence-corrected chi connectivity index (χ3v) is 3.52. The molecule has 20 heavy (non-hydrogen) atoms. The predicted molar refractivity (Wildman–Crippen MR) is 77.4 cm³/mol. The molecule has 3 heterocycles. The molecule has 8 heteroatoms. The molecular formula is C12H5Br2N5O. The van der Waals surface area contributed by atoms with Crippen molar-refractivity contribution in [3.63, 3.8) is 0 Å². The van der Waals surface area contributed by atoms with Gasteiger partial charge in [-0.25, -0.2) is 0 Å². The zero-order chi connectivity index (χ0) is 14.1. The summed E-state index contributed by atoms with van der Waals surface area (Å²) in [6.45, 7) is 0. The Labute approximate surface area is 130 Å². The lowest BCUT2D eigenvalue weighted by atomic mass is 10.3. The third kappa shape index (κ3) is 2.37. The van der Waals surface area contributed by atoms with Crippen molar-refractivity contribution in [1.82, 2.24) is 20.1 Å². The molecule has 0 atom stereocenters. The molecule has 0 saturated heterocycles. The molecule has 6 nitrogen and oxygen atoms in total. The summed E-state index contributed by atoms with van der Waals surface area (Å²) in [5.41, 5.74) is 1.60. The molecule has 0 saturated carbocycles. The number of pyridine rings is 1. The Balaban J connectivity index is 2.00. The molecule has 0 radical (unpaired) electrons. The van der Waals surface area contributed by atoms with E-state index in [0.717, 1.165) is 8.95 Å². The first kappa shape index (κ1) is 13.0. The number of hydrogen-bond acceptors (Lipinski definition) is 5. The van der Waals surface area contributed by atoms with E-state index in [2.05, 4.69) is 52.0 Å². The lowest BCUT2D eigenvalue weighted by Crippen LogP contribution is -1.87. The van der Waals surface area contributed by atoms with Gasteiger partial charge in [0.05, 0.1) is 0 Å². The monoisotopic (exact) mass is 393 g/mol. The standard InChI is InChI=1S/C12H5Br2N5O/c13-6-3-8(14)10(16-5-6)11-18-12(20-19-11)9-2-1-7(4-15)17-9/h1-3,5,17H. The first-order valence-electron chi connectivity index (χ1n) is 5.42. The third-order valence-electron chi connectivity index (χ3n) is 2.48. The van der Waals surface area contributed by atoms with Crippen molar-refractivity contribution in [1.29, 1.82) is 5.26 Å². The van der Waals surface area contributed by atoms with Crippen LogP contribution in [0, 0.1) is 11.3 Å². The van der Waals surface area contributed by atoms with Crippen molar-refractivity contribution in [3.8, 4) is 29.2 Å². The first-order valence-corrected chi connectivity index (χ1v) is 7.00. The van der Waals surface area contributed by atoms with Crippen LogP contribution in [0.2, 0.25) is 0 Å². The van der Waals surface area contributed by atoms with Crippen LogP contribution in [0.3, 0.4) is 0 Å². The normalized spacial score (nSPS) is 10.4. The van der Waals surface area contributed by atoms with E-state index >= 15 is 0 Å². The van der Waals surface area contributed by atoms with Crippen molar-refractivity contribution in [3.05, 3.63) is 39.0 Å². The molecule has 0 aliphatic heterocycles. The highest BCUT2D eigenvalue weighted by atomic mass is 79.9. The van der Waals surface area contributed by atoms with Crippen molar-refractivity contribution >= 4 is 31.9 Å². The Hall–Kier alpha value is -1.98. The van der Waals surface area contributed by atoms with Gasteiger partial charge in [-0.15, -0.1) is 0 Å². The smallest absolute Gasteiger partial charge is 0.274 e. The second-order valence-electron chi connectivity index (χ2n) is 3.80. The van der Waals surface area contributed by atoms with E-state index in [-0.39, 0.29) is 0 Å². The molecule has 0 amide bonds. The molecule has 0 unspecified atom stereocenters. The summed E-state index contributed by atoms with van der Waals surface area (Å²) in [4.78, 5) is 11.4. The van der Waals surface area contributed by atoms with Crippen LogP contribution in [0.5, 0.6) is 0 Å². The fourth-order valence-electron chi connectivity index (χ4n) is 1.59. The van der Waals surface area contributed by atoms with Crippen molar-refractivity contribution < 1.29 is 4.52 Å². The number of aromatic nitrogens is 4. The maximum Gasteiger partial charge on any atom is 0.274 e. The first-order chi connectivity index (χ1) is 9.67.